The van der Waals surface area contributed by atoms with Gasteiger partial charge in [-0.05, 0) is 12.1 Å². The highest BCUT2D eigenvalue weighted by molar-refractivity contribution is 5.98. The third-order valence-electron chi connectivity index (χ3n) is 4.87. The average molecular weight is 386 g/mol. The van der Waals surface area contributed by atoms with Crippen molar-refractivity contribution in [3.05, 3.63) is 77.6 Å². The smallest absolute Gasteiger partial charge is 0.254 e. The first-order valence-corrected chi connectivity index (χ1v) is 9.15. The van der Waals surface area contributed by atoms with Crippen LogP contribution in [0.1, 0.15) is 21.6 Å². The Hall–Kier alpha value is -4.07. The number of carbonyl (C=O) groups excluding carboxylic acids is 1. The van der Waals surface area contributed by atoms with E-state index in [0.29, 0.717) is 24.5 Å². The van der Waals surface area contributed by atoms with E-state index in [-0.39, 0.29) is 0 Å². The van der Waals surface area contributed by atoms with Crippen molar-refractivity contribution < 1.29 is 9.53 Å². The van der Waals surface area contributed by atoms with Gasteiger partial charge in [0.1, 0.15) is 23.7 Å². The van der Waals surface area contributed by atoms with Gasteiger partial charge in [0, 0.05) is 22.9 Å². The first kappa shape index (κ1) is 17.1. The maximum Gasteiger partial charge on any atom is 0.254 e. The van der Waals surface area contributed by atoms with Crippen LogP contribution < -0.4 is 15.8 Å². The van der Waals surface area contributed by atoms with Crippen molar-refractivity contribution >= 4 is 17.4 Å². The zero-order chi connectivity index (χ0) is 19.8. The van der Waals surface area contributed by atoms with Crippen molar-refractivity contribution in [2.45, 2.75) is 13.2 Å². The number of carbonyl (C=O) groups is 1. The Labute approximate surface area is 166 Å². The van der Waals surface area contributed by atoms with Gasteiger partial charge in [0.15, 0.2) is 0 Å². The zero-order valence-corrected chi connectivity index (χ0v) is 15.4. The molecule has 4 N–H and O–H groups in total. The molecule has 0 radical (unpaired) electrons. The highest BCUT2D eigenvalue weighted by Crippen LogP contribution is 2.31. The van der Waals surface area contributed by atoms with Gasteiger partial charge in [0.2, 0.25) is 0 Å². The van der Waals surface area contributed by atoms with Crippen molar-refractivity contribution in [1.82, 2.24) is 20.0 Å². The van der Waals surface area contributed by atoms with E-state index in [9.17, 15) is 4.79 Å². The number of aromatic amines is 1. The van der Waals surface area contributed by atoms with E-state index in [1.54, 1.807) is 0 Å². The Kier molecular flexibility index (Phi) is 4.02. The van der Waals surface area contributed by atoms with Gasteiger partial charge in [0.05, 0.1) is 24.1 Å². The lowest BCUT2D eigenvalue weighted by molar-refractivity contribution is 0.100. The van der Waals surface area contributed by atoms with Crippen LogP contribution in [0.5, 0.6) is 5.75 Å². The van der Waals surface area contributed by atoms with Gasteiger partial charge in [-0.25, -0.2) is 0 Å². The lowest BCUT2D eigenvalue weighted by Crippen LogP contribution is -2.12. The minimum absolute atomic E-state index is 0.300. The minimum Gasteiger partial charge on any atom is -0.487 e. The zero-order valence-electron chi connectivity index (χ0n) is 15.4. The van der Waals surface area contributed by atoms with E-state index in [0.717, 1.165) is 34.0 Å². The Morgan fingerprint density at radius 1 is 1.17 bits per heavy atom. The molecule has 1 aliphatic rings. The van der Waals surface area contributed by atoms with Gasteiger partial charge in [-0.15, -0.1) is 0 Å². The van der Waals surface area contributed by atoms with Crippen LogP contribution in [-0.2, 0) is 13.2 Å². The molecule has 0 atom stereocenters. The van der Waals surface area contributed by atoms with Gasteiger partial charge in [0.25, 0.3) is 5.91 Å². The van der Waals surface area contributed by atoms with E-state index >= 15 is 0 Å². The number of amides is 1. The number of hydrogen-bond acceptors (Lipinski definition) is 5. The molecule has 2 aromatic heterocycles. The van der Waals surface area contributed by atoms with Crippen LogP contribution in [0.15, 0.2) is 60.8 Å². The summed E-state index contributed by atoms with van der Waals surface area (Å²) in [6, 6.07) is 17.9. The molecule has 1 amide bonds. The second-order valence-electron chi connectivity index (χ2n) is 6.80. The molecular weight excluding hydrogens is 368 g/mol. The predicted molar refractivity (Wildman–Crippen MR) is 108 cm³/mol. The number of benzene rings is 2. The van der Waals surface area contributed by atoms with Gasteiger partial charge >= 0.3 is 0 Å². The molecule has 1 aliphatic heterocycles. The number of fused-ring (bicyclic) bond motifs is 2. The molecule has 29 heavy (non-hydrogen) atoms. The first-order chi connectivity index (χ1) is 14.2. The monoisotopic (exact) mass is 386 g/mol. The standard InChI is InChI=1S/C21H18N6O2/c22-20(28)17-10-23-25-21(17)24-15-7-6-14-11-27-16(12-29-19(14)8-15)9-18(26-27)13-4-2-1-3-5-13/h1-10H,11-12H2,(H2,22,28)(H2,23,24,25). The van der Waals surface area contributed by atoms with E-state index < -0.39 is 5.91 Å². The Balaban J connectivity index is 1.41. The largest absolute Gasteiger partial charge is 0.487 e. The van der Waals surface area contributed by atoms with Crippen LogP contribution in [-0.4, -0.2) is 25.9 Å². The lowest BCUT2D eigenvalue weighted by Gasteiger charge is -2.11. The molecule has 8 heteroatoms. The number of hydrogen-bond donors (Lipinski definition) is 3. The third kappa shape index (κ3) is 3.20. The number of anilines is 2. The summed E-state index contributed by atoms with van der Waals surface area (Å²) in [5, 5.41) is 14.5. The number of nitrogens with zero attached hydrogens (tertiary/aromatic N) is 3. The van der Waals surface area contributed by atoms with E-state index in [4.69, 9.17) is 15.6 Å². The molecule has 5 rings (SSSR count). The Morgan fingerprint density at radius 3 is 2.86 bits per heavy atom. The molecule has 3 heterocycles. The summed E-state index contributed by atoms with van der Waals surface area (Å²) in [6.07, 6.45) is 1.40. The fraction of sp³-hybridized carbons (Fsp3) is 0.0952. The SMILES string of the molecule is NC(=O)c1cn[nH]c1Nc1ccc2c(c1)OCc1cc(-c3ccccc3)nn1C2. The molecule has 0 unspecified atom stereocenters. The lowest BCUT2D eigenvalue weighted by atomic mass is 10.1. The van der Waals surface area contributed by atoms with Gasteiger partial charge in [-0.1, -0.05) is 36.4 Å². The fourth-order valence-electron chi connectivity index (χ4n) is 3.38. The number of primary amides is 1. The second-order valence-corrected chi connectivity index (χ2v) is 6.80. The normalized spacial score (nSPS) is 12.4. The second kappa shape index (κ2) is 6.83. The molecule has 144 valence electrons. The number of rotatable bonds is 4. The van der Waals surface area contributed by atoms with Gasteiger partial charge < -0.3 is 15.8 Å². The molecule has 0 saturated carbocycles. The molecular formula is C21H18N6O2. The van der Waals surface area contributed by atoms with Crippen molar-refractivity contribution in [3.8, 4) is 17.0 Å². The van der Waals surface area contributed by atoms with Gasteiger partial charge in [-0.3, -0.25) is 14.6 Å². The van der Waals surface area contributed by atoms with E-state index in [1.165, 1.54) is 6.20 Å². The van der Waals surface area contributed by atoms with Crippen LogP contribution >= 0.6 is 0 Å². The van der Waals surface area contributed by atoms with Crippen molar-refractivity contribution in [2.24, 2.45) is 5.73 Å². The Morgan fingerprint density at radius 2 is 2.03 bits per heavy atom. The summed E-state index contributed by atoms with van der Waals surface area (Å²) >= 11 is 0. The van der Waals surface area contributed by atoms with Crippen LogP contribution in [0, 0.1) is 0 Å². The van der Waals surface area contributed by atoms with Crippen LogP contribution in [0.3, 0.4) is 0 Å². The van der Waals surface area contributed by atoms with E-state index in [2.05, 4.69) is 21.6 Å². The molecule has 0 fully saturated rings. The topological polar surface area (TPSA) is 111 Å². The predicted octanol–water partition coefficient (Wildman–Crippen LogP) is 3.06. The molecule has 0 spiro atoms. The number of nitrogens with two attached hydrogens (primary N) is 1. The summed E-state index contributed by atoms with van der Waals surface area (Å²) < 4.78 is 8.02. The summed E-state index contributed by atoms with van der Waals surface area (Å²) in [4.78, 5) is 11.5. The maximum absolute atomic E-state index is 11.5. The molecule has 2 aromatic carbocycles. The summed E-state index contributed by atoms with van der Waals surface area (Å²) in [5.74, 6) is 0.667. The fourth-order valence-corrected chi connectivity index (χ4v) is 3.38. The highest BCUT2D eigenvalue weighted by Gasteiger charge is 2.18. The van der Waals surface area contributed by atoms with Crippen LogP contribution in [0.2, 0.25) is 0 Å². The van der Waals surface area contributed by atoms with Crippen molar-refractivity contribution in [2.75, 3.05) is 5.32 Å². The highest BCUT2D eigenvalue weighted by atomic mass is 16.5. The molecule has 0 aliphatic carbocycles. The molecule has 0 saturated heterocycles. The summed E-state index contributed by atoms with van der Waals surface area (Å²) in [5.41, 5.74) is 10.5. The molecule has 8 nitrogen and oxygen atoms in total. The maximum atomic E-state index is 11.5. The Bertz CT molecular complexity index is 1200. The van der Waals surface area contributed by atoms with Crippen molar-refractivity contribution in [3.63, 3.8) is 0 Å². The summed E-state index contributed by atoms with van der Waals surface area (Å²) in [7, 11) is 0. The average Bonchev–Trinajstić information content (AvgIpc) is 3.32. The third-order valence-corrected chi connectivity index (χ3v) is 4.87. The van der Waals surface area contributed by atoms with Crippen molar-refractivity contribution in [1.29, 1.82) is 0 Å². The number of ether oxygens (including phenoxy) is 1. The number of aromatic nitrogens is 4. The van der Waals surface area contributed by atoms with Crippen LogP contribution in [0.4, 0.5) is 11.5 Å². The molecule has 4 aromatic rings. The van der Waals surface area contributed by atoms with Crippen LogP contribution in [0.25, 0.3) is 11.3 Å². The van der Waals surface area contributed by atoms with Gasteiger partial charge in [-0.2, -0.15) is 10.2 Å². The molecule has 0 bridgehead atoms. The van der Waals surface area contributed by atoms with E-state index in [1.807, 2.05) is 53.2 Å². The first-order valence-electron chi connectivity index (χ1n) is 9.15. The quantitative estimate of drug-likeness (QED) is 0.499. The summed E-state index contributed by atoms with van der Waals surface area (Å²) in [6.45, 7) is 1.04. The minimum atomic E-state index is -0.549. The number of nitrogens with one attached hydrogen (secondary N) is 2. The number of H-pyrrole nitrogens is 1.